The first kappa shape index (κ1) is 26.1. The van der Waals surface area contributed by atoms with E-state index in [2.05, 4.69) is 12.1 Å². The number of hydrogen-bond donors (Lipinski definition) is 0. The molecule has 10 heteroatoms. The van der Waals surface area contributed by atoms with Crippen LogP contribution >= 0.6 is 0 Å². The molecule has 222 valence electrons. The van der Waals surface area contributed by atoms with Crippen molar-refractivity contribution in [3.05, 3.63) is 70.8 Å². The molecule has 8 rings (SSSR count). The summed E-state index contributed by atoms with van der Waals surface area (Å²) in [7, 11) is 3.23. The maximum atomic E-state index is 14.5. The fourth-order valence-corrected chi connectivity index (χ4v) is 8.00. The van der Waals surface area contributed by atoms with Gasteiger partial charge in [-0.1, -0.05) is 30.3 Å². The van der Waals surface area contributed by atoms with Gasteiger partial charge in [0, 0.05) is 37.4 Å². The van der Waals surface area contributed by atoms with Crippen molar-refractivity contribution in [1.82, 2.24) is 9.80 Å². The first-order valence-corrected chi connectivity index (χ1v) is 14.6. The van der Waals surface area contributed by atoms with E-state index in [9.17, 15) is 9.59 Å². The molecule has 3 aromatic rings. The highest BCUT2D eigenvalue weighted by atomic mass is 16.7. The van der Waals surface area contributed by atoms with Crippen LogP contribution in [0.1, 0.15) is 41.0 Å². The Kier molecular flexibility index (Phi) is 5.89. The molecule has 2 amide bonds. The number of methoxy groups -OCH3 is 2. The van der Waals surface area contributed by atoms with E-state index in [0.29, 0.717) is 54.0 Å². The standard InChI is InChI=1S/C33H32N2O8/c1-17(36)34-14-22-27-21-12-25-31(43-16-41-25)32(39-3)28(21)26(19-7-5-4-6-8-19)29(27)33(37)35(22)13-20(34)9-18-10-23(38-2)30-24(11-18)40-15-42-30/h4-8,10-12,20,22,26-27,29H,9,13-16H2,1-3H3/t20-,22+,26-,27+,29+/m0/s1. The SMILES string of the molecule is COc1cc(C[C@H]2CN3C(=O)[C@@H]4[C@@H](c5ccccc5)c5c(cc6c(c5OC)OCO6)[C@@H]4[C@H]3CN2C(C)=O)cc2c1OCO2. The van der Waals surface area contributed by atoms with E-state index < -0.39 is 0 Å². The molecule has 43 heavy (non-hydrogen) atoms. The van der Waals surface area contributed by atoms with Crippen LogP contribution in [0.4, 0.5) is 0 Å². The van der Waals surface area contributed by atoms with Crippen molar-refractivity contribution in [1.29, 1.82) is 0 Å². The highest BCUT2D eigenvalue weighted by Crippen LogP contribution is 2.62. The molecule has 3 aromatic carbocycles. The van der Waals surface area contributed by atoms with E-state index in [4.69, 9.17) is 28.4 Å². The number of rotatable bonds is 5. The minimum Gasteiger partial charge on any atom is -0.493 e. The molecule has 4 heterocycles. The Labute approximate surface area is 249 Å². The molecule has 0 N–H and O–H groups in total. The molecule has 5 atom stereocenters. The number of piperazine rings is 1. The Bertz CT molecular complexity index is 1640. The molecule has 0 unspecified atom stereocenters. The summed E-state index contributed by atoms with van der Waals surface area (Å²) in [6.07, 6.45) is 0.545. The molecule has 2 saturated heterocycles. The largest absolute Gasteiger partial charge is 0.493 e. The van der Waals surface area contributed by atoms with Crippen molar-refractivity contribution < 1.29 is 38.0 Å². The number of nitrogens with zero attached hydrogens (tertiary/aromatic N) is 2. The van der Waals surface area contributed by atoms with Gasteiger partial charge in [0.1, 0.15) is 0 Å². The number of benzene rings is 3. The van der Waals surface area contributed by atoms with Gasteiger partial charge >= 0.3 is 0 Å². The fourth-order valence-electron chi connectivity index (χ4n) is 8.00. The van der Waals surface area contributed by atoms with Crippen LogP contribution in [0.25, 0.3) is 0 Å². The summed E-state index contributed by atoms with van der Waals surface area (Å²) in [6, 6.07) is 15.6. The normalized spacial score (nSPS) is 25.8. The Hall–Kier alpha value is -4.60. The molecule has 2 fully saturated rings. The van der Waals surface area contributed by atoms with Crippen molar-refractivity contribution >= 4 is 11.8 Å². The molecule has 1 aliphatic carbocycles. The summed E-state index contributed by atoms with van der Waals surface area (Å²) in [5.74, 6) is 3.03. The second kappa shape index (κ2) is 9.72. The second-order valence-electron chi connectivity index (χ2n) is 11.7. The lowest BCUT2D eigenvalue weighted by Gasteiger charge is -2.45. The van der Waals surface area contributed by atoms with Crippen LogP contribution in [0, 0.1) is 5.92 Å². The van der Waals surface area contributed by atoms with Crippen LogP contribution in [0.5, 0.6) is 34.5 Å². The van der Waals surface area contributed by atoms with Crippen LogP contribution in [0.15, 0.2) is 48.5 Å². The summed E-state index contributed by atoms with van der Waals surface area (Å²) in [6.45, 7) is 2.74. The molecule has 0 bridgehead atoms. The third-order valence-electron chi connectivity index (χ3n) is 9.68. The molecule has 4 aliphatic heterocycles. The smallest absolute Gasteiger partial charge is 0.231 e. The number of fused-ring (bicyclic) bond motifs is 7. The van der Waals surface area contributed by atoms with Crippen molar-refractivity contribution in [2.24, 2.45) is 5.92 Å². The topological polar surface area (TPSA) is 96.0 Å². The van der Waals surface area contributed by atoms with Crippen LogP contribution in [-0.4, -0.2) is 74.6 Å². The monoisotopic (exact) mass is 584 g/mol. The van der Waals surface area contributed by atoms with Crippen molar-refractivity contribution in [2.75, 3.05) is 40.9 Å². The fraction of sp³-hybridized carbons (Fsp3) is 0.394. The predicted octanol–water partition coefficient (Wildman–Crippen LogP) is 3.69. The predicted molar refractivity (Wildman–Crippen MR) is 153 cm³/mol. The summed E-state index contributed by atoms with van der Waals surface area (Å²) < 4.78 is 34.4. The quantitative estimate of drug-likeness (QED) is 0.448. The first-order chi connectivity index (χ1) is 21.0. The van der Waals surface area contributed by atoms with Gasteiger partial charge in [0.2, 0.25) is 36.9 Å². The van der Waals surface area contributed by atoms with Crippen LogP contribution in [-0.2, 0) is 16.0 Å². The van der Waals surface area contributed by atoms with Crippen LogP contribution < -0.4 is 28.4 Å². The van der Waals surface area contributed by atoms with Gasteiger partial charge in [-0.15, -0.1) is 0 Å². The molecule has 10 nitrogen and oxygen atoms in total. The number of ether oxygens (including phenoxy) is 6. The third kappa shape index (κ3) is 3.78. The highest BCUT2D eigenvalue weighted by Gasteiger charge is 2.60. The third-order valence-corrected chi connectivity index (χ3v) is 9.68. The van der Waals surface area contributed by atoms with E-state index in [1.54, 1.807) is 21.1 Å². The molecule has 0 spiro atoms. The lowest BCUT2D eigenvalue weighted by atomic mass is 9.82. The molecule has 0 aromatic heterocycles. The summed E-state index contributed by atoms with van der Waals surface area (Å²) in [5, 5.41) is 0. The van der Waals surface area contributed by atoms with E-state index >= 15 is 0 Å². The highest BCUT2D eigenvalue weighted by molar-refractivity contribution is 5.89. The lowest BCUT2D eigenvalue weighted by Crippen LogP contribution is -2.59. The van der Waals surface area contributed by atoms with Gasteiger partial charge in [-0.2, -0.15) is 0 Å². The molecule has 0 saturated carbocycles. The van der Waals surface area contributed by atoms with Crippen molar-refractivity contribution in [3.8, 4) is 34.5 Å². The van der Waals surface area contributed by atoms with Crippen LogP contribution in [0.3, 0.4) is 0 Å². The van der Waals surface area contributed by atoms with E-state index in [1.807, 2.05) is 46.2 Å². The zero-order chi connectivity index (χ0) is 29.4. The Balaban J connectivity index is 1.20. The number of hydrogen-bond acceptors (Lipinski definition) is 8. The van der Waals surface area contributed by atoms with E-state index in [0.717, 1.165) is 22.3 Å². The maximum Gasteiger partial charge on any atom is 0.231 e. The van der Waals surface area contributed by atoms with Gasteiger partial charge in [-0.3, -0.25) is 9.59 Å². The Morgan fingerprint density at radius 2 is 1.65 bits per heavy atom. The number of carbonyl (C=O) groups is 2. The minimum absolute atomic E-state index is 0.0191. The maximum absolute atomic E-state index is 14.5. The van der Waals surface area contributed by atoms with Gasteiger partial charge in [0.15, 0.2) is 23.0 Å². The average molecular weight is 585 g/mol. The average Bonchev–Trinajstić information content (AvgIpc) is 3.80. The first-order valence-electron chi connectivity index (χ1n) is 14.6. The molecule has 0 radical (unpaired) electrons. The van der Waals surface area contributed by atoms with E-state index in [1.165, 1.54) is 0 Å². The van der Waals surface area contributed by atoms with Gasteiger partial charge in [-0.05, 0) is 41.3 Å². The molecule has 5 aliphatic rings. The van der Waals surface area contributed by atoms with Crippen molar-refractivity contribution in [2.45, 2.75) is 37.3 Å². The number of amides is 2. The Morgan fingerprint density at radius 3 is 2.37 bits per heavy atom. The zero-order valence-electron chi connectivity index (χ0n) is 24.2. The second-order valence-corrected chi connectivity index (χ2v) is 11.7. The van der Waals surface area contributed by atoms with Gasteiger partial charge in [0.05, 0.1) is 32.2 Å². The summed E-state index contributed by atoms with van der Waals surface area (Å²) in [5.41, 5.74) is 4.01. The van der Waals surface area contributed by atoms with Gasteiger partial charge < -0.3 is 38.2 Å². The molecular weight excluding hydrogens is 552 g/mol. The molecular formula is C33H32N2O8. The summed E-state index contributed by atoms with van der Waals surface area (Å²) >= 11 is 0. The van der Waals surface area contributed by atoms with E-state index in [-0.39, 0.29) is 55.2 Å². The van der Waals surface area contributed by atoms with Crippen molar-refractivity contribution in [3.63, 3.8) is 0 Å². The lowest BCUT2D eigenvalue weighted by molar-refractivity contribution is -0.142. The van der Waals surface area contributed by atoms with Gasteiger partial charge in [-0.25, -0.2) is 0 Å². The van der Waals surface area contributed by atoms with Gasteiger partial charge in [0.25, 0.3) is 0 Å². The minimum atomic E-state index is -0.336. The summed E-state index contributed by atoms with van der Waals surface area (Å²) in [4.78, 5) is 31.6. The number of carbonyl (C=O) groups excluding carboxylic acids is 2. The van der Waals surface area contributed by atoms with Crippen LogP contribution in [0.2, 0.25) is 0 Å². The zero-order valence-corrected chi connectivity index (χ0v) is 24.2. The Morgan fingerprint density at radius 1 is 0.907 bits per heavy atom.